The van der Waals surface area contributed by atoms with Crippen LogP contribution in [0.1, 0.15) is 0 Å². The Labute approximate surface area is 102 Å². The number of aromatic nitrogens is 4. The lowest BCUT2D eigenvalue weighted by Gasteiger charge is -2.03. The third-order valence-corrected chi connectivity index (χ3v) is 2.58. The van der Waals surface area contributed by atoms with Crippen LogP contribution in [0.15, 0.2) is 42.7 Å². The summed E-state index contributed by atoms with van der Waals surface area (Å²) in [5, 5.41) is 11.5. The number of nitrogens with one attached hydrogen (secondary N) is 1. The number of nitrogens with zero attached hydrogens (tertiary/aromatic N) is 4. The van der Waals surface area contributed by atoms with Crippen molar-refractivity contribution < 1.29 is 0 Å². The molecule has 3 rings (SSSR count). The first-order chi connectivity index (χ1) is 8.34. The molecule has 0 aliphatic carbocycles. The fourth-order valence-corrected chi connectivity index (χ4v) is 1.72. The van der Waals surface area contributed by atoms with E-state index in [1.165, 1.54) is 0 Å². The minimum atomic E-state index is 0.334. The molecule has 17 heavy (non-hydrogen) atoms. The minimum absolute atomic E-state index is 0.334. The molecule has 0 aliphatic heterocycles. The van der Waals surface area contributed by atoms with Crippen LogP contribution in [0.25, 0.3) is 5.65 Å². The molecule has 6 heteroatoms. The van der Waals surface area contributed by atoms with Crippen LogP contribution in [-0.2, 0) is 0 Å². The molecule has 0 atom stereocenters. The Balaban J connectivity index is 2.05. The third-order valence-electron chi connectivity index (χ3n) is 2.31. The van der Waals surface area contributed by atoms with E-state index in [1.807, 2.05) is 30.3 Å². The lowest BCUT2D eigenvalue weighted by atomic mass is 10.3. The van der Waals surface area contributed by atoms with Crippen LogP contribution >= 0.6 is 11.6 Å². The smallest absolute Gasteiger partial charge is 0.233 e. The molecule has 0 bridgehead atoms. The van der Waals surface area contributed by atoms with Gasteiger partial charge >= 0.3 is 0 Å². The number of fused-ring (bicyclic) bond motifs is 1. The number of hydrogen-bond donors (Lipinski definition) is 1. The van der Waals surface area contributed by atoms with Gasteiger partial charge in [-0.15, -0.1) is 10.2 Å². The molecule has 2 aromatic heterocycles. The van der Waals surface area contributed by atoms with E-state index in [-0.39, 0.29) is 0 Å². The molecule has 0 saturated carbocycles. The van der Waals surface area contributed by atoms with Gasteiger partial charge in [-0.1, -0.05) is 29.8 Å². The molecule has 0 aliphatic rings. The first kappa shape index (κ1) is 10.0. The highest BCUT2D eigenvalue weighted by Gasteiger charge is 2.08. The van der Waals surface area contributed by atoms with E-state index >= 15 is 0 Å². The highest BCUT2D eigenvalue weighted by molar-refractivity contribution is 6.32. The zero-order chi connectivity index (χ0) is 11.7. The van der Waals surface area contributed by atoms with Crippen LogP contribution in [0, 0.1) is 0 Å². The molecule has 2 heterocycles. The van der Waals surface area contributed by atoms with Gasteiger partial charge in [-0.3, -0.25) is 4.40 Å². The normalized spacial score (nSPS) is 10.6. The number of rotatable bonds is 2. The predicted octanol–water partition coefficient (Wildman–Crippen LogP) is 2.52. The molecular weight excluding hydrogens is 238 g/mol. The first-order valence-electron chi connectivity index (χ1n) is 5.02. The number of halogens is 1. The van der Waals surface area contributed by atoms with E-state index in [2.05, 4.69) is 20.5 Å². The highest BCUT2D eigenvalue weighted by Crippen LogP contribution is 2.18. The fraction of sp³-hybridized carbons (Fsp3) is 0. The summed E-state index contributed by atoms with van der Waals surface area (Å²) in [4.78, 5) is 3.94. The molecule has 0 spiro atoms. The van der Waals surface area contributed by atoms with Gasteiger partial charge in [0, 0.05) is 18.1 Å². The van der Waals surface area contributed by atoms with E-state index < -0.39 is 0 Å². The number of para-hydroxylation sites is 1. The molecule has 0 radical (unpaired) electrons. The van der Waals surface area contributed by atoms with Gasteiger partial charge in [-0.05, 0) is 12.1 Å². The summed E-state index contributed by atoms with van der Waals surface area (Å²) in [5.74, 6) is 0.607. The Morgan fingerprint density at radius 1 is 1.12 bits per heavy atom. The molecular formula is C11H8ClN5. The molecule has 0 unspecified atom stereocenters. The molecule has 3 aromatic rings. The molecule has 84 valence electrons. The standard InChI is InChI=1S/C11H8ClN5/c12-9-10-15-16-11(17(10)7-6-13-9)14-8-4-2-1-3-5-8/h1-7H,(H,14,16). The average molecular weight is 246 g/mol. The van der Waals surface area contributed by atoms with E-state index in [1.54, 1.807) is 16.8 Å². The topological polar surface area (TPSA) is 55.1 Å². The Bertz CT molecular complexity index is 649. The summed E-state index contributed by atoms with van der Waals surface area (Å²) in [6.07, 6.45) is 3.36. The SMILES string of the molecule is Clc1nccn2c(Nc3ccccc3)nnc12. The van der Waals surface area contributed by atoms with Crippen LogP contribution in [0.2, 0.25) is 5.15 Å². The van der Waals surface area contributed by atoms with Crippen LogP contribution in [0.3, 0.4) is 0 Å². The quantitative estimate of drug-likeness (QED) is 0.754. The van der Waals surface area contributed by atoms with Gasteiger partial charge in [0.2, 0.25) is 5.95 Å². The summed E-state index contributed by atoms with van der Waals surface area (Å²) in [6, 6.07) is 9.74. The maximum atomic E-state index is 5.91. The Hall–Kier alpha value is -2.14. The third kappa shape index (κ3) is 1.81. The zero-order valence-corrected chi connectivity index (χ0v) is 9.46. The summed E-state index contributed by atoms with van der Waals surface area (Å²) in [7, 11) is 0. The number of hydrogen-bond acceptors (Lipinski definition) is 4. The Morgan fingerprint density at radius 2 is 1.94 bits per heavy atom. The lowest BCUT2D eigenvalue weighted by molar-refractivity contribution is 1.10. The monoisotopic (exact) mass is 245 g/mol. The molecule has 0 amide bonds. The summed E-state index contributed by atoms with van der Waals surface area (Å²) < 4.78 is 1.75. The molecule has 0 fully saturated rings. The molecule has 1 aromatic carbocycles. The molecule has 1 N–H and O–H groups in total. The van der Waals surface area contributed by atoms with Crippen molar-refractivity contribution in [1.29, 1.82) is 0 Å². The second-order valence-corrected chi connectivity index (χ2v) is 3.78. The van der Waals surface area contributed by atoms with Crippen LogP contribution in [0.5, 0.6) is 0 Å². The van der Waals surface area contributed by atoms with Crippen molar-refractivity contribution in [3.05, 3.63) is 47.9 Å². The Morgan fingerprint density at radius 3 is 2.76 bits per heavy atom. The van der Waals surface area contributed by atoms with Crippen molar-refractivity contribution >= 4 is 28.9 Å². The molecule has 5 nitrogen and oxygen atoms in total. The Kier molecular flexibility index (Phi) is 2.38. The van der Waals surface area contributed by atoms with E-state index in [4.69, 9.17) is 11.6 Å². The van der Waals surface area contributed by atoms with E-state index in [9.17, 15) is 0 Å². The highest BCUT2D eigenvalue weighted by atomic mass is 35.5. The van der Waals surface area contributed by atoms with Gasteiger partial charge in [0.05, 0.1) is 0 Å². The fourth-order valence-electron chi connectivity index (χ4n) is 1.53. The predicted molar refractivity (Wildman–Crippen MR) is 65.5 cm³/mol. The average Bonchev–Trinajstić information content (AvgIpc) is 2.76. The van der Waals surface area contributed by atoms with E-state index in [0.29, 0.717) is 16.7 Å². The van der Waals surface area contributed by atoms with Crippen molar-refractivity contribution in [3.8, 4) is 0 Å². The van der Waals surface area contributed by atoms with E-state index in [0.717, 1.165) is 5.69 Å². The summed E-state index contributed by atoms with van der Waals surface area (Å²) >= 11 is 5.91. The van der Waals surface area contributed by atoms with Crippen molar-refractivity contribution in [2.24, 2.45) is 0 Å². The van der Waals surface area contributed by atoms with Crippen molar-refractivity contribution in [2.75, 3.05) is 5.32 Å². The largest absolute Gasteiger partial charge is 0.324 e. The van der Waals surface area contributed by atoms with Crippen molar-refractivity contribution in [1.82, 2.24) is 19.6 Å². The molecule has 0 saturated heterocycles. The van der Waals surface area contributed by atoms with Gasteiger partial charge < -0.3 is 5.32 Å². The minimum Gasteiger partial charge on any atom is -0.324 e. The lowest BCUT2D eigenvalue weighted by Crippen LogP contribution is -1.96. The maximum Gasteiger partial charge on any atom is 0.233 e. The van der Waals surface area contributed by atoms with Crippen LogP contribution in [-0.4, -0.2) is 19.6 Å². The van der Waals surface area contributed by atoms with Gasteiger partial charge in [0.1, 0.15) is 0 Å². The van der Waals surface area contributed by atoms with Gasteiger partial charge in [0.25, 0.3) is 0 Å². The second-order valence-electron chi connectivity index (χ2n) is 3.43. The van der Waals surface area contributed by atoms with Crippen molar-refractivity contribution in [2.45, 2.75) is 0 Å². The maximum absolute atomic E-state index is 5.91. The second kappa shape index (κ2) is 4.03. The van der Waals surface area contributed by atoms with Gasteiger partial charge in [-0.25, -0.2) is 4.98 Å². The summed E-state index contributed by atoms with van der Waals surface area (Å²) in [6.45, 7) is 0. The number of anilines is 2. The summed E-state index contributed by atoms with van der Waals surface area (Å²) in [5.41, 5.74) is 1.47. The van der Waals surface area contributed by atoms with Crippen LogP contribution < -0.4 is 5.32 Å². The number of benzene rings is 1. The first-order valence-corrected chi connectivity index (χ1v) is 5.40. The van der Waals surface area contributed by atoms with Gasteiger partial charge in [-0.2, -0.15) is 0 Å². The van der Waals surface area contributed by atoms with Gasteiger partial charge in [0.15, 0.2) is 10.8 Å². The van der Waals surface area contributed by atoms with Crippen LogP contribution in [0.4, 0.5) is 11.6 Å². The van der Waals surface area contributed by atoms with Crippen molar-refractivity contribution in [3.63, 3.8) is 0 Å². The zero-order valence-electron chi connectivity index (χ0n) is 8.71.